The molecule has 4 aromatic carbocycles. The summed E-state index contributed by atoms with van der Waals surface area (Å²) in [6, 6.07) is 35.3. The highest BCUT2D eigenvalue weighted by Gasteiger charge is 2.17. The number of aromatic nitrogens is 5. The van der Waals surface area contributed by atoms with Crippen molar-refractivity contribution in [3.8, 4) is 22.8 Å². The van der Waals surface area contributed by atoms with E-state index in [0.717, 1.165) is 83.5 Å². The Labute approximate surface area is 246 Å². The number of fused-ring (bicyclic) bond motifs is 12. The summed E-state index contributed by atoms with van der Waals surface area (Å²) in [5.41, 5.74) is 9.08. The molecule has 0 radical (unpaired) electrons. The van der Waals surface area contributed by atoms with Crippen molar-refractivity contribution in [2.45, 2.75) is 13.8 Å². The molecule has 43 heavy (non-hydrogen) atoms. The standard InChI is InChI=1S/C37H25N5O/c1-22-23(2)42-34-13-8-18-38-35(34)29-17-15-26(20-31(29)37(42)39-22)43-25-14-16-27-28-11-6-7-12-33(28)41-21-32(24-9-4-3-5-10-24)40-36(41)30(27)19-25/h3-21H,1-2H3. The number of para-hydroxylation sites is 1. The van der Waals surface area contributed by atoms with Gasteiger partial charge in [0.2, 0.25) is 0 Å². The number of imidazole rings is 2. The van der Waals surface area contributed by atoms with Crippen LogP contribution in [0.4, 0.5) is 0 Å². The Balaban J connectivity index is 1.23. The first-order chi connectivity index (χ1) is 21.1. The monoisotopic (exact) mass is 555 g/mol. The molecule has 6 nitrogen and oxygen atoms in total. The van der Waals surface area contributed by atoms with Crippen LogP contribution in [-0.4, -0.2) is 23.8 Å². The molecule has 0 N–H and O–H groups in total. The summed E-state index contributed by atoms with van der Waals surface area (Å²) in [6.07, 6.45) is 3.97. The SMILES string of the molecule is Cc1nc2c3cc(Oc4ccc5c6ccccc6n6cc(-c7ccccc7)nc6c5c4)ccc3c3ncccc3n2c1C. The zero-order valence-electron chi connectivity index (χ0n) is 23.6. The van der Waals surface area contributed by atoms with Crippen molar-refractivity contribution < 1.29 is 4.74 Å². The maximum atomic E-state index is 6.55. The molecule has 5 aromatic heterocycles. The van der Waals surface area contributed by atoms with E-state index in [9.17, 15) is 0 Å². The number of hydrogen-bond donors (Lipinski definition) is 0. The quantitative estimate of drug-likeness (QED) is 0.204. The summed E-state index contributed by atoms with van der Waals surface area (Å²) in [5, 5.41) is 5.41. The summed E-state index contributed by atoms with van der Waals surface area (Å²) in [5.74, 6) is 1.49. The average Bonchev–Trinajstić information content (AvgIpc) is 3.64. The molecule has 204 valence electrons. The summed E-state index contributed by atoms with van der Waals surface area (Å²) in [7, 11) is 0. The predicted molar refractivity (Wildman–Crippen MR) is 173 cm³/mol. The lowest BCUT2D eigenvalue weighted by Crippen LogP contribution is -1.95. The molecule has 0 saturated heterocycles. The highest BCUT2D eigenvalue weighted by molar-refractivity contribution is 6.13. The number of nitrogens with zero attached hydrogens (tertiary/aromatic N) is 5. The fraction of sp³-hybridized carbons (Fsp3) is 0.0541. The Morgan fingerprint density at radius 1 is 0.605 bits per heavy atom. The van der Waals surface area contributed by atoms with Gasteiger partial charge in [-0.3, -0.25) is 13.8 Å². The zero-order valence-corrected chi connectivity index (χ0v) is 23.6. The molecule has 5 heterocycles. The number of hydrogen-bond acceptors (Lipinski definition) is 4. The Hall–Kier alpha value is -5.75. The molecule has 0 aliphatic rings. The van der Waals surface area contributed by atoms with Gasteiger partial charge < -0.3 is 4.74 Å². The van der Waals surface area contributed by atoms with Gasteiger partial charge in [0.25, 0.3) is 0 Å². The molecule has 9 rings (SSSR count). The maximum Gasteiger partial charge on any atom is 0.146 e. The van der Waals surface area contributed by atoms with Crippen LogP contribution in [0.25, 0.3) is 66.0 Å². The van der Waals surface area contributed by atoms with E-state index in [-0.39, 0.29) is 0 Å². The molecule has 0 unspecified atom stereocenters. The van der Waals surface area contributed by atoms with Crippen LogP contribution in [-0.2, 0) is 0 Å². The van der Waals surface area contributed by atoms with E-state index in [1.807, 2.05) is 42.6 Å². The van der Waals surface area contributed by atoms with Crippen molar-refractivity contribution in [2.24, 2.45) is 0 Å². The Morgan fingerprint density at radius 2 is 1.33 bits per heavy atom. The topological polar surface area (TPSA) is 56.7 Å². The summed E-state index contributed by atoms with van der Waals surface area (Å²) < 4.78 is 10.9. The van der Waals surface area contributed by atoms with Crippen LogP contribution in [0.2, 0.25) is 0 Å². The maximum absolute atomic E-state index is 6.55. The van der Waals surface area contributed by atoms with Gasteiger partial charge in [0.05, 0.1) is 27.9 Å². The molecule has 0 atom stereocenters. The Kier molecular flexibility index (Phi) is 4.93. The van der Waals surface area contributed by atoms with Crippen LogP contribution in [0.5, 0.6) is 11.5 Å². The van der Waals surface area contributed by atoms with Gasteiger partial charge in [0.1, 0.15) is 22.8 Å². The first-order valence-corrected chi connectivity index (χ1v) is 14.4. The Bertz CT molecular complexity index is 2560. The normalized spacial score (nSPS) is 12.0. The highest BCUT2D eigenvalue weighted by Crippen LogP contribution is 2.37. The minimum absolute atomic E-state index is 0.743. The van der Waals surface area contributed by atoms with E-state index in [4.69, 9.17) is 19.7 Å². The van der Waals surface area contributed by atoms with Gasteiger partial charge in [-0.1, -0.05) is 48.5 Å². The summed E-state index contributed by atoms with van der Waals surface area (Å²) in [6.45, 7) is 4.15. The third-order valence-electron chi connectivity index (χ3n) is 8.56. The van der Waals surface area contributed by atoms with Gasteiger partial charge in [-0.25, -0.2) is 9.97 Å². The van der Waals surface area contributed by atoms with Crippen molar-refractivity contribution in [1.82, 2.24) is 23.8 Å². The fourth-order valence-corrected chi connectivity index (χ4v) is 6.41. The molecule has 0 amide bonds. The molecule has 0 spiro atoms. The molecule has 9 aromatic rings. The number of pyridine rings is 3. The van der Waals surface area contributed by atoms with Crippen LogP contribution in [0.1, 0.15) is 11.4 Å². The number of benzene rings is 4. The highest BCUT2D eigenvalue weighted by atomic mass is 16.5. The van der Waals surface area contributed by atoms with Crippen LogP contribution in [0.3, 0.4) is 0 Å². The molecular weight excluding hydrogens is 530 g/mol. The van der Waals surface area contributed by atoms with Crippen LogP contribution >= 0.6 is 0 Å². The average molecular weight is 556 g/mol. The third-order valence-corrected chi connectivity index (χ3v) is 8.56. The molecule has 0 bridgehead atoms. The third kappa shape index (κ3) is 3.50. The molecule has 6 heteroatoms. The number of ether oxygens (including phenoxy) is 1. The van der Waals surface area contributed by atoms with Crippen molar-refractivity contribution in [1.29, 1.82) is 0 Å². The number of aryl methyl sites for hydroxylation is 2. The minimum Gasteiger partial charge on any atom is -0.457 e. The van der Waals surface area contributed by atoms with E-state index in [0.29, 0.717) is 0 Å². The second kappa shape index (κ2) is 8.87. The number of rotatable bonds is 3. The first-order valence-electron chi connectivity index (χ1n) is 14.4. The summed E-state index contributed by atoms with van der Waals surface area (Å²) in [4.78, 5) is 14.8. The first kappa shape index (κ1) is 23.9. The largest absolute Gasteiger partial charge is 0.457 e. The van der Waals surface area contributed by atoms with E-state index < -0.39 is 0 Å². The lowest BCUT2D eigenvalue weighted by atomic mass is 10.1. The smallest absolute Gasteiger partial charge is 0.146 e. The van der Waals surface area contributed by atoms with E-state index in [2.05, 4.69) is 95.6 Å². The van der Waals surface area contributed by atoms with Crippen molar-refractivity contribution in [3.05, 3.63) is 127 Å². The van der Waals surface area contributed by atoms with Crippen molar-refractivity contribution >= 4 is 54.8 Å². The summed E-state index contributed by atoms with van der Waals surface area (Å²) >= 11 is 0. The second-order valence-electron chi connectivity index (χ2n) is 11.0. The van der Waals surface area contributed by atoms with Crippen molar-refractivity contribution in [2.75, 3.05) is 0 Å². The van der Waals surface area contributed by atoms with Crippen molar-refractivity contribution in [3.63, 3.8) is 0 Å². The van der Waals surface area contributed by atoms with Gasteiger partial charge in [-0.05, 0) is 73.8 Å². The van der Waals surface area contributed by atoms with E-state index >= 15 is 0 Å². The van der Waals surface area contributed by atoms with Gasteiger partial charge >= 0.3 is 0 Å². The Morgan fingerprint density at radius 3 is 2.16 bits per heavy atom. The van der Waals surface area contributed by atoms with Gasteiger partial charge in [0.15, 0.2) is 0 Å². The van der Waals surface area contributed by atoms with Gasteiger partial charge in [0, 0.05) is 45.2 Å². The molecule has 0 fully saturated rings. The van der Waals surface area contributed by atoms with Crippen LogP contribution in [0, 0.1) is 13.8 Å². The van der Waals surface area contributed by atoms with Crippen LogP contribution < -0.4 is 4.74 Å². The van der Waals surface area contributed by atoms with Crippen LogP contribution in [0.15, 0.2) is 116 Å². The van der Waals surface area contributed by atoms with E-state index in [1.165, 1.54) is 5.39 Å². The molecule has 0 aliphatic carbocycles. The predicted octanol–water partition coefficient (Wildman–Crippen LogP) is 9.07. The molecule has 0 saturated carbocycles. The lowest BCUT2D eigenvalue weighted by Gasteiger charge is -2.12. The molecular formula is C37H25N5O. The van der Waals surface area contributed by atoms with Gasteiger partial charge in [-0.2, -0.15) is 0 Å². The lowest BCUT2D eigenvalue weighted by molar-refractivity contribution is 0.484. The van der Waals surface area contributed by atoms with E-state index in [1.54, 1.807) is 0 Å². The minimum atomic E-state index is 0.743. The molecule has 0 aliphatic heterocycles. The second-order valence-corrected chi connectivity index (χ2v) is 11.0. The van der Waals surface area contributed by atoms with Gasteiger partial charge in [-0.15, -0.1) is 0 Å². The zero-order chi connectivity index (χ0) is 28.7. The fourth-order valence-electron chi connectivity index (χ4n) is 6.41.